The minimum Gasteiger partial charge on any atom is -0.385 e. The molecule has 19 heavy (non-hydrogen) atoms. The topological polar surface area (TPSA) is 37.4 Å². The van der Waals surface area contributed by atoms with Crippen LogP contribution in [0.2, 0.25) is 0 Å². The van der Waals surface area contributed by atoms with Crippen molar-refractivity contribution in [3.8, 4) is 0 Å². The lowest BCUT2D eigenvalue weighted by molar-refractivity contribution is -0.0413. The van der Waals surface area contributed by atoms with Crippen molar-refractivity contribution >= 4 is 5.69 Å². The first-order valence-electron chi connectivity index (χ1n) is 7.40. The maximum Gasteiger partial charge on any atom is 0.0707 e. The molecule has 2 aliphatic heterocycles. The summed E-state index contributed by atoms with van der Waals surface area (Å²) in [5, 5.41) is 3.42. The molecular weight excluding hydrogens is 238 g/mol. The molecule has 2 atom stereocenters. The number of anilines is 1. The Morgan fingerprint density at radius 3 is 2.89 bits per heavy atom. The van der Waals surface area contributed by atoms with Gasteiger partial charge in [-0.2, -0.15) is 0 Å². The number of rotatable bonds is 5. The SMILES string of the molecule is CCCNc1ccnc(CN2CC3CCC(C2)O3)c1. The van der Waals surface area contributed by atoms with Crippen LogP contribution >= 0.6 is 0 Å². The molecule has 0 aliphatic carbocycles. The number of ether oxygens (including phenoxy) is 1. The number of fused-ring (bicyclic) bond motifs is 2. The average Bonchev–Trinajstić information content (AvgIpc) is 2.76. The van der Waals surface area contributed by atoms with E-state index in [0.29, 0.717) is 12.2 Å². The lowest BCUT2D eigenvalue weighted by Crippen LogP contribution is -2.42. The van der Waals surface area contributed by atoms with Crippen LogP contribution in [-0.4, -0.2) is 41.7 Å². The zero-order chi connectivity index (χ0) is 13.1. The van der Waals surface area contributed by atoms with Crippen molar-refractivity contribution in [2.24, 2.45) is 0 Å². The van der Waals surface area contributed by atoms with Crippen molar-refractivity contribution in [2.45, 2.75) is 44.9 Å². The number of hydrogen-bond acceptors (Lipinski definition) is 4. The summed E-state index contributed by atoms with van der Waals surface area (Å²) in [4.78, 5) is 6.97. The number of pyridine rings is 1. The zero-order valence-corrected chi connectivity index (χ0v) is 11.6. The monoisotopic (exact) mass is 261 g/mol. The molecule has 1 N–H and O–H groups in total. The van der Waals surface area contributed by atoms with E-state index >= 15 is 0 Å². The number of likely N-dealkylation sites (tertiary alicyclic amines) is 1. The molecule has 104 valence electrons. The van der Waals surface area contributed by atoms with E-state index in [0.717, 1.165) is 38.3 Å². The van der Waals surface area contributed by atoms with Crippen LogP contribution in [0.3, 0.4) is 0 Å². The summed E-state index contributed by atoms with van der Waals surface area (Å²) in [5.74, 6) is 0. The second-order valence-electron chi connectivity index (χ2n) is 5.61. The minimum atomic E-state index is 0.458. The van der Waals surface area contributed by atoms with E-state index in [-0.39, 0.29) is 0 Å². The molecule has 3 heterocycles. The Morgan fingerprint density at radius 1 is 1.37 bits per heavy atom. The Kier molecular flexibility index (Phi) is 3.99. The van der Waals surface area contributed by atoms with Crippen LogP contribution in [0.1, 0.15) is 31.9 Å². The normalized spacial score (nSPS) is 26.6. The predicted molar refractivity (Wildman–Crippen MR) is 76.2 cm³/mol. The summed E-state index contributed by atoms with van der Waals surface area (Å²) in [6.07, 6.45) is 6.42. The summed E-state index contributed by atoms with van der Waals surface area (Å²) in [6.45, 7) is 6.26. The number of nitrogens with one attached hydrogen (secondary N) is 1. The predicted octanol–water partition coefficient (Wildman–Crippen LogP) is 2.27. The van der Waals surface area contributed by atoms with E-state index in [9.17, 15) is 0 Å². The maximum absolute atomic E-state index is 5.87. The van der Waals surface area contributed by atoms with Gasteiger partial charge >= 0.3 is 0 Å². The van der Waals surface area contributed by atoms with Crippen LogP contribution in [0.5, 0.6) is 0 Å². The Hall–Kier alpha value is -1.13. The molecule has 4 heteroatoms. The number of nitrogens with zero attached hydrogens (tertiary/aromatic N) is 2. The lowest BCUT2D eigenvalue weighted by atomic mass is 10.2. The zero-order valence-electron chi connectivity index (χ0n) is 11.6. The third-order valence-corrected chi connectivity index (χ3v) is 3.90. The van der Waals surface area contributed by atoms with E-state index in [4.69, 9.17) is 4.74 Å². The van der Waals surface area contributed by atoms with Gasteiger partial charge in [0, 0.05) is 38.1 Å². The van der Waals surface area contributed by atoms with E-state index in [1.807, 2.05) is 12.3 Å². The van der Waals surface area contributed by atoms with E-state index in [1.165, 1.54) is 18.5 Å². The fourth-order valence-corrected chi connectivity index (χ4v) is 3.00. The Morgan fingerprint density at radius 2 is 2.16 bits per heavy atom. The molecule has 2 aliphatic rings. The molecule has 1 aromatic heterocycles. The van der Waals surface area contributed by atoms with Gasteiger partial charge in [0.05, 0.1) is 17.9 Å². The summed E-state index contributed by atoms with van der Waals surface area (Å²) in [7, 11) is 0. The van der Waals surface area contributed by atoms with Gasteiger partial charge in [-0.3, -0.25) is 9.88 Å². The van der Waals surface area contributed by atoms with Crippen molar-refractivity contribution in [1.82, 2.24) is 9.88 Å². The number of hydrogen-bond donors (Lipinski definition) is 1. The summed E-state index contributed by atoms with van der Waals surface area (Å²) < 4.78 is 5.87. The second-order valence-corrected chi connectivity index (χ2v) is 5.61. The van der Waals surface area contributed by atoms with Crippen LogP contribution in [-0.2, 0) is 11.3 Å². The molecule has 2 saturated heterocycles. The third-order valence-electron chi connectivity index (χ3n) is 3.90. The van der Waals surface area contributed by atoms with E-state index in [1.54, 1.807) is 0 Å². The van der Waals surface area contributed by atoms with Crippen LogP contribution < -0.4 is 5.32 Å². The molecule has 4 nitrogen and oxygen atoms in total. The first kappa shape index (κ1) is 12.9. The summed E-state index contributed by atoms with van der Waals surface area (Å²) in [6, 6.07) is 4.22. The molecular formula is C15H23N3O. The largest absolute Gasteiger partial charge is 0.385 e. The molecule has 2 bridgehead atoms. The molecule has 0 spiro atoms. The first-order valence-corrected chi connectivity index (χ1v) is 7.40. The lowest BCUT2D eigenvalue weighted by Gasteiger charge is -2.31. The molecule has 1 aromatic rings. The average molecular weight is 261 g/mol. The van der Waals surface area contributed by atoms with Gasteiger partial charge in [0.2, 0.25) is 0 Å². The Balaban J connectivity index is 1.60. The summed E-state index contributed by atoms with van der Waals surface area (Å²) >= 11 is 0. The van der Waals surface area contributed by atoms with Gasteiger partial charge in [-0.15, -0.1) is 0 Å². The molecule has 2 unspecified atom stereocenters. The smallest absolute Gasteiger partial charge is 0.0707 e. The third kappa shape index (κ3) is 3.25. The maximum atomic E-state index is 5.87. The first-order chi connectivity index (χ1) is 9.33. The molecule has 3 rings (SSSR count). The fourth-order valence-electron chi connectivity index (χ4n) is 3.00. The van der Waals surface area contributed by atoms with Crippen LogP contribution in [0.15, 0.2) is 18.3 Å². The highest BCUT2D eigenvalue weighted by atomic mass is 16.5. The minimum absolute atomic E-state index is 0.458. The highest BCUT2D eigenvalue weighted by Gasteiger charge is 2.33. The second kappa shape index (κ2) is 5.88. The Bertz CT molecular complexity index is 412. The van der Waals surface area contributed by atoms with Crippen molar-refractivity contribution in [2.75, 3.05) is 25.0 Å². The van der Waals surface area contributed by atoms with Gasteiger partial charge in [0.25, 0.3) is 0 Å². The molecule has 0 amide bonds. The van der Waals surface area contributed by atoms with Crippen LogP contribution in [0, 0.1) is 0 Å². The number of morpholine rings is 1. The highest BCUT2D eigenvalue weighted by Crippen LogP contribution is 2.27. The summed E-state index contributed by atoms with van der Waals surface area (Å²) in [5.41, 5.74) is 2.34. The van der Waals surface area contributed by atoms with Gasteiger partial charge in [-0.25, -0.2) is 0 Å². The van der Waals surface area contributed by atoms with Gasteiger partial charge in [-0.05, 0) is 31.4 Å². The van der Waals surface area contributed by atoms with Crippen LogP contribution in [0.4, 0.5) is 5.69 Å². The molecule has 0 saturated carbocycles. The van der Waals surface area contributed by atoms with Crippen molar-refractivity contribution in [3.05, 3.63) is 24.0 Å². The van der Waals surface area contributed by atoms with Crippen molar-refractivity contribution in [3.63, 3.8) is 0 Å². The fraction of sp³-hybridized carbons (Fsp3) is 0.667. The Labute approximate surface area is 115 Å². The van der Waals surface area contributed by atoms with Gasteiger partial charge < -0.3 is 10.1 Å². The van der Waals surface area contributed by atoms with E-state index in [2.05, 4.69) is 28.2 Å². The van der Waals surface area contributed by atoms with Crippen LogP contribution in [0.25, 0.3) is 0 Å². The molecule has 0 radical (unpaired) electrons. The highest BCUT2D eigenvalue weighted by molar-refractivity contribution is 5.43. The molecule has 2 fully saturated rings. The van der Waals surface area contributed by atoms with Gasteiger partial charge in [0.1, 0.15) is 0 Å². The molecule has 0 aromatic carbocycles. The number of aromatic nitrogens is 1. The van der Waals surface area contributed by atoms with Crippen molar-refractivity contribution < 1.29 is 4.74 Å². The van der Waals surface area contributed by atoms with Crippen molar-refractivity contribution in [1.29, 1.82) is 0 Å². The van der Waals surface area contributed by atoms with Gasteiger partial charge in [-0.1, -0.05) is 6.92 Å². The quantitative estimate of drug-likeness (QED) is 0.882. The van der Waals surface area contributed by atoms with Gasteiger partial charge in [0.15, 0.2) is 0 Å². The standard InChI is InChI=1S/C15H23N3O/c1-2-6-16-12-5-7-17-13(8-12)9-18-10-14-3-4-15(11-18)19-14/h5,7-8,14-15H,2-4,6,9-11H2,1H3,(H,16,17). The van der Waals surface area contributed by atoms with E-state index < -0.39 is 0 Å².